The molecule has 33 heavy (non-hydrogen) atoms. The van der Waals surface area contributed by atoms with Crippen LogP contribution in [0.25, 0.3) is 0 Å². The van der Waals surface area contributed by atoms with Gasteiger partial charge in [-0.1, -0.05) is 6.07 Å². The van der Waals surface area contributed by atoms with E-state index in [0.29, 0.717) is 17.7 Å². The molecule has 0 saturated carbocycles. The van der Waals surface area contributed by atoms with Gasteiger partial charge in [-0.15, -0.1) is 0 Å². The number of hydrogen-bond donors (Lipinski definition) is 1. The minimum Gasteiger partial charge on any atom is -0.456 e. The summed E-state index contributed by atoms with van der Waals surface area (Å²) < 4.78 is 57.4. The van der Waals surface area contributed by atoms with E-state index in [0.717, 1.165) is 16.8 Å². The van der Waals surface area contributed by atoms with Crippen LogP contribution in [0.1, 0.15) is 45.3 Å². The third-order valence-electron chi connectivity index (χ3n) is 5.92. The van der Waals surface area contributed by atoms with Gasteiger partial charge in [0, 0.05) is 23.0 Å². The minimum atomic E-state index is -3.90. The average Bonchev–Trinajstić information content (AvgIpc) is 3.24. The molecule has 0 bridgehead atoms. The molecule has 1 saturated heterocycles. The van der Waals surface area contributed by atoms with Crippen LogP contribution in [0.15, 0.2) is 29.2 Å². The Morgan fingerprint density at radius 2 is 1.82 bits per heavy atom. The lowest BCUT2D eigenvalue weighted by atomic mass is 10.1. The Hall–Kier alpha value is -2.50. The number of Topliss-reactive ketones (excluding diaryl/α,β-unsaturated/α-hetero) is 1. The number of nitrogens with zero attached hydrogens (tertiary/aromatic N) is 1. The predicted octanol–water partition coefficient (Wildman–Crippen LogP) is 1.79. The lowest BCUT2D eigenvalue weighted by molar-refractivity contribution is -0.141. The highest BCUT2D eigenvalue weighted by Crippen LogP contribution is 2.29. The van der Waals surface area contributed by atoms with E-state index in [-0.39, 0.29) is 22.4 Å². The summed E-state index contributed by atoms with van der Waals surface area (Å²) in [5, 5.41) is 0. The standard InChI is InChI=1S/C22H28N2O7S2/c1-14-5-6-19(9-15(14)2)33(29,30)23-11-22(26)31-12-21(25)20-10-16(3)24(17(20)4)18-7-8-32(27,28)13-18/h5-6,9-10,18,23H,7-8,11-13H2,1-4H3. The zero-order chi connectivity index (χ0) is 24.6. The predicted molar refractivity (Wildman–Crippen MR) is 123 cm³/mol. The number of ketones is 1. The van der Waals surface area contributed by atoms with Gasteiger partial charge in [0.15, 0.2) is 16.4 Å². The lowest BCUT2D eigenvalue weighted by Gasteiger charge is -2.16. The highest BCUT2D eigenvalue weighted by molar-refractivity contribution is 7.91. The van der Waals surface area contributed by atoms with Crippen molar-refractivity contribution < 1.29 is 31.2 Å². The van der Waals surface area contributed by atoms with Crippen molar-refractivity contribution in [1.82, 2.24) is 9.29 Å². The summed E-state index contributed by atoms with van der Waals surface area (Å²) >= 11 is 0. The van der Waals surface area contributed by atoms with E-state index in [4.69, 9.17) is 4.74 Å². The second-order valence-electron chi connectivity index (χ2n) is 8.37. The van der Waals surface area contributed by atoms with E-state index < -0.39 is 44.8 Å². The van der Waals surface area contributed by atoms with Crippen molar-refractivity contribution in [2.75, 3.05) is 24.7 Å². The molecular formula is C22H28N2O7S2. The Morgan fingerprint density at radius 3 is 2.42 bits per heavy atom. The quantitative estimate of drug-likeness (QED) is 0.436. The third-order valence-corrected chi connectivity index (χ3v) is 9.07. The maximum atomic E-state index is 12.6. The van der Waals surface area contributed by atoms with Crippen LogP contribution < -0.4 is 4.72 Å². The highest BCUT2D eigenvalue weighted by atomic mass is 32.2. The first-order valence-electron chi connectivity index (χ1n) is 10.5. The van der Waals surface area contributed by atoms with Crippen molar-refractivity contribution >= 4 is 31.6 Å². The summed E-state index contributed by atoms with van der Waals surface area (Å²) in [6.45, 7) is 6.02. The fourth-order valence-electron chi connectivity index (χ4n) is 3.99. The van der Waals surface area contributed by atoms with E-state index >= 15 is 0 Å². The zero-order valence-electron chi connectivity index (χ0n) is 19.0. The van der Waals surface area contributed by atoms with E-state index in [9.17, 15) is 26.4 Å². The van der Waals surface area contributed by atoms with E-state index in [2.05, 4.69) is 4.72 Å². The Bertz CT molecular complexity index is 1310. The van der Waals surface area contributed by atoms with Crippen molar-refractivity contribution in [3.63, 3.8) is 0 Å². The molecular weight excluding hydrogens is 468 g/mol. The van der Waals surface area contributed by atoms with Crippen LogP contribution in [0.5, 0.6) is 0 Å². The number of nitrogens with one attached hydrogen (secondary N) is 1. The molecule has 1 unspecified atom stereocenters. The number of aryl methyl sites for hydroxylation is 3. The van der Waals surface area contributed by atoms with Crippen molar-refractivity contribution in [3.05, 3.63) is 52.3 Å². The lowest BCUT2D eigenvalue weighted by Crippen LogP contribution is -2.31. The SMILES string of the molecule is Cc1ccc(S(=O)(=O)NCC(=O)OCC(=O)c2cc(C)n(C3CCS(=O)(=O)C3)c2C)cc1C. The van der Waals surface area contributed by atoms with Gasteiger partial charge in [0.1, 0.15) is 6.54 Å². The largest absolute Gasteiger partial charge is 0.456 e. The van der Waals surface area contributed by atoms with Crippen LogP contribution in [0.3, 0.4) is 0 Å². The van der Waals surface area contributed by atoms with Crippen LogP contribution >= 0.6 is 0 Å². The van der Waals surface area contributed by atoms with Gasteiger partial charge in [0.25, 0.3) is 0 Å². The molecule has 3 rings (SSSR count). The molecule has 0 radical (unpaired) electrons. The molecule has 2 aromatic rings. The molecule has 180 valence electrons. The number of benzene rings is 1. The second-order valence-corrected chi connectivity index (χ2v) is 12.4. The molecule has 0 amide bonds. The molecule has 1 fully saturated rings. The smallest absolute Gasteiger partial charge is 0.321 e. The number of esters is 1. The maximum Gasteiger partial charge on any atom is 0.321 e. The normalized spacial score (nSPS) is 17.8. The summed E-state index contributed by atoms with van der Waals surface area (Å²) in [7, 11) is -6.99. The Labute approximate surface area is 194 Å². The van der Waals surface area contributed by atoms with Crippen molar-refractivity contribution in [3.8, 4) is 0 Å². The Kier molecular flexibility index (Phi) is 7.15. The number of aromatic nitrogens is 1. The molecule has 1 aromatic carbocycles. The highest BCUT2D eigenvalue weighted by Gasteiger charge is 2.31. The molecule has 1 aromatic heterocycles. The monoisotopic (exact) mass is 496 g/mol. The van der Waals surface area contributed by atoms with Crippen LogP contribution in [-0.4, -0.2) is 57.8 Å². The van der Waals surface area contributed by atoms with Crippen LogP contribution in [0.2, 0.25) is 0 Å². The number of carbonyl (C=O) groups is 2. The van der Waals surface area contributed by atoms with Crippen molar-refractivity contribution in [2.24, 2.45) is 0 Å². The molecule has 9 nitrogen and oxygen atoms in total. The maximum absolute atomic E-state index is 12.6. The molecule has 0 spiro atoms. The summed E-state index contributed by atoms with van der Waals surface area (Å²) in [5.41, 5.74) is 3.47. The average molecular weight is 497 g/mol. The van der Waals surface area contributed by atoms with Crippen LogP contribution in [-0.2, 0) is 29.4 Å². The first-order valence-corrected chi connectivity index (χ1v) is 13.8. The van der Waals surface area contributed by atoms with Gasteiger partial charge in [-0.05, 0) is 63.4 Å². The summed E-state index contributed by atoms with van der Waals surface area (Å²) in [6.07, 6.45) is 0.488. The van der Waals surface area contributed by atoms with Gasteiger partial charge in [-0.2, -0.15) is 4.72 Å². The third kappa shape index (κ3) is 5.71. The number of ether oxygens (including phenoxy) is 1. The Morgan fingerprint density at radius 1 is 1.12 bits per heavy atom. The van der Waals surface area contributed by atoms with Gasteiger partial charge < -0.3 is 9.30 Å². The van der Waals surface area contributed by atoms with Gasteiger partial charge >= 0.3 is 5.97 Å². The summed E-state index contributed by atoms with van der Waals surface area (Å²) in [4.78, 5) is 24.7. The van der Waals surface area contributed by atoms with Crippen molar-refractivity contribution in [2.45, 2.75) is 45.1 Å². The summed E-state index contributed by atoms with van der Waals surface area (Å²) in [6, 6.07) is 6.07. The molecule has 1 aliphatic rings. The molecule has 1 aliphatic heterocycles. The first-order chi connectivity index (χ1) is 15.3. The topological polar surface area (TPSA) is 129 Å². The Balaban J connectivity index is 1.59. The zero-order valence-corrected chi connectivity index (χ0v) is 20.7. The van der Waals surface area contributed by atoms with Gasteiger partial charge in [0.05, 0.1) is 16.4 Å². The van der Waals surface area contributed by atoms with Gasteiger partial charge in [-0.25, -0.2) is 16.8 Å². The number of sulfone groups is 1. The first kappa shape index (κ1) is 25.1. The molecule has 1 atom stereocenters. The molecule has 11 heteroatoms. The molecule has 0 aliphatic carbocycles. The number of carbonyl (C=O) groups excluding carboxylic acids is 2. The summed E-state index contributed by atoms with van der Waals surface area (Å²) in [5.74, 6) is -1.17. The molecule has 2 heterocycles. The number of hydrogen-bond acceptors (Lipinski definition) is 7. The minimum absolute atomic E-state index is 0.0344. The number of sulfonamides is 1. The van der Waals surface area contributed by atoms with Gasteiger partial charge in [0.2, 0.25) is 15.8 Å². The second kappa shape index (κ2) is 9.40. The van der Waals surface area contributed by atoms with E-state index in [1.165, 1.54) is 12.1 Å². The van der Waals surface area contributed by atoms with E-state index in [1.807, 2.05) is 11.5 Å². The van der Waals surface area contributed by atoms with Gasteiger partial charge in [-0.3, -0.25) is 9.59 Å². The van der Waals surface area contributed by atoms with Crippen molar-refractivity contribution in [1.29, 1.82) is 0 Å². The fourth-order valence-corrected chi connectivity index (χ4v) is 6.75. The fraction of sp³-hybridized carbons (Fsp3) is 0.455. The van der Waals surface area contributed by atoms with Crippen LogP contribution in [0, 0.1) is 27.7 Å². The number of rotatable bonds is 8. The van der Waals surface area contributed by atoms with Crippen LogP contribution in [0.4, 0.5) is 0 Å². The molecule has 1 N–H and O–H groups in total. The van der Waals surface area contributed by atoms with E-state index in [1.54, 1.807) is 32.9 Å².